The van der Waals surface area contributed by atoms with Crippen LogP contribution in [0.1, 0.15) is 33.3 Å². The maximum Gasteiger partial charge on any atom is 0.254 e. The van der Waals surface area contributed by atoms with Gasteiger partial charge in [0.15, 0.2) is 0 Å². The van der Waals surface area contributed by atoms with E-state index in [0.29, 0.717) is 45.0 Å². The molecule has 0 aliphatic carbocycles. The van der Waals surface area contributed by atoms with Gasteiger partial charge in [-0.15, -0.1) is 11.3 Å². The van der Waals surface area contributed by atoms with Crippen LogP contribution in [0.15, 0.2) is 66.0 Å². The van der Waals surface area contributed by atoms with Crippen molar-refractivity contribution in [2.45, 2.75) is 26.4 Å². The SMILES string of the molecule is CCc1ccc(C(=O)N(CCN2CCOCC2)CC(=O)N(Cc2ccc(F)cc2)Cc2cccs2)cc1. The molecule has 2 aromatic carbocycles. The highest BCUT2D eigenvalue weighted by Crippen LogP contribution is 2.17. The lowest BCUT2D eigenvalue weighted by Gasteiger charge is -2.31. The molecule has 1 saturated heterocycles. The molecular formula is C29H34FN3O3S. The molecular weight excluding hydrogens is 489 g/mol. The minimum atomic E-state index is -0.311. The van der Waals surface area contributed by atoms with E-state index in [0.717, 1.165) is 35.5 Å². The first-order valence-corrected chi connectivity index (χ1v) is 13.6. The lowest BCUT2D eigenvalue weighted by molar-refractivity contribution is -0.133. The van der Waals surface area contributed by atoms with Gasteiger partial charge in [-0.2, -0.15) is 0 Å². The highest BCUT2D eigenvalue weighted by Gasteiger charge is 2.24. The molecule has 4 rings (SSSR count). The van der Waals surface area contributed by atoms with Crippen LogP contribution in [0.25, 0.3) is 0 Å². The van der Waals surface area contributed by atoms with Gasteiger partial charge < -0.3 is 14.5 Å². The Morgan fingerprint density at radius 2 is 1.65 bits per heavy atom. The van der Waals surface area contributed by atoms with Gasteiger partial charge in [-0.3, -0.25) is 14.5 Å². The predicted octanol–water partition coefficient (Wildman–Crippen LogP) is 4.45. The molecule has 1 fully saturated rings. The second-order valence-corrected chi connectivity index (χ2v) is 10.2. The van der Waals surface area contributed by atoms with Crippen molar-refractivity contribution in [3.05, 3.63) is 93.4 Å². The zero-order valence-electron chi connectivity index (χ0n) is 21.3. The molecule has 3 aromatic rings. The summed E-state index contributed by atoms with van der Waals surface area (Å²) in [5.41, 5.74) is 2.58. The fourth-order valence-corrected chi connectivity index (χ4v) is 5.02. The van der Waals surface area contributed by atoms with Crippen molar-refractivity contribution in [1.29, 1.82) is 0 Å². The number of benzene rings is 2. The van der Waals surface area contributed by atoms with Gasteiger partial charge in [0.05, 0.1) is 19.8 Å². The lowest BCUT2D eigenvalue weighted by atomic mass is 10.1. The average Bonchev–Trinajstić information content (AvgIpc) is 3.45. The van der Waals surface area contributed by atoms with Crippen LogP contribution in [0.3, 0.4) is 0 Å². The number of carbonyl (C=O) groups is 2. The summed E-state index contributed by atoms with van der Waals surface area (Å²) in [6.07, 6.45) is 0.898. The Kier molecular flexibility index (Phi) is 9.82. The molecule has 6 nitrogen and oxygen atoms in total. The monoisotopic (exact) mass is 523 g/mol. The predicted molar refractivity (Wildman–Crippen MR) is 144 cm³/mol. The first-order valence-electron chi connectivity index (χ1n) is 12.7. The lowest BCUT2D eigenvalue weighted by Crippen LogP contribution is -2.47. The van der Waals surface area contributed by atoms with E-state index in [-0.39, 0.29) is 24.2 Å². The van der Waals surface area contributed by atoms with E-state index in [1.807, 2.05) is 41.8 Å². The number of aryl methyl sites for hydroxylation is 1. The van der Waals surface area contributed by atoms with Crippen LogP contribution in [-0.4, -0.2) is 72.5 Å². The van der Waals surface area contributed by atoms with Crippen molar-refractivity contribution in [2.24, 2.45) is 0 Å². The molecule has 0 spiro atoms. The number of nitrogens with zero attached hydrogens (tertiary/aromatic N) is 3. The first kappa shape index (κ1) is 27.0. The van der Waals surface area contributed by atoms with Gasteiger partial charge in [0.1, 0.15) is 12.4 Å². The minimum Gasteiger partial charge on any atom is -0.379 e. The van der Waals surface area contributed by atoms with Crippen LogP contribution < -0.4 is 0 Å². The van der Waals surface area contributed by atoms with Crippen LogP contribution in [-0.2, 0) is 29.0 Å². The van der Waals surface area contributed by atoms with Gasteiger partial charge in [0, 0.05) is 43.2 Å². The van der Waals surface area contributed by atoms with Crippen molar-refractivity contribution in [2.75, 3.05) is 45.9 Å². The van der Waals surface area contributed by atoms with Gasteiger partial charge in [-0.25, -0.2) is 4.39 Å². The number of morpholine rings is 1. The van der Waals surface area contributed by atoms with E-state index in [1.54, 1.807) is 33.3 Å². The van der Waals surface area contributed by atoms with E-state index in [2.05, 4.69) is 11.8 Å². The number of hydrogen-bond acceptors (Lipinski definition) is 5. The zero-order chi connectivity index (χ0) is 26.0. The molecule has 1 aliphatic rings. The molecule has 0 unspecified atom stereocenters. The third kappa shape index (κ3) is 7.95. The second-order valence-electron chi connectivity index (χ2n) is 9.19. The number of rotatable bonds is 11. The smallest absolute Gasteiger partial charge is 0.254 e. The molecule has 1 aliphatic heterocycles. The summed E-state index contributed by atoms with van der Waals surface area (Å²) in [4.78, 5) is 33.9. The largest absolute Gasteiger partial charge is 0.379 e. The summed E-state index contributed by atoms with van der Waals surface area (Å²) < 4.78 is 18.9. The number of ether oxygens (including phenoxy) is 1. The standard InChI is InChI=1S/C29H34FN3O3S/c1-2-23-5-9-25(10-6-23)29(35)32(14-13-31-15-17-36-18-16-31)22-28(34)33(21-27-4-3-19-37-27)20-24-7-11-26(30)12-8-24/h3-12,19H,2,13-18,20-22H2,1H3. The Hall–Kier alpha value is -3.07. The third-order valence-corrected chi connectivity index (χ3v) is 7.44. The first-order chi connectivity index (χ1) is 18.0. The molecule has 2 heterocycles. The minimum absolute atomic E-state index is 0.0225. The maximum absolute atomic E-state index is 13.7. The normalized spacial score (nSPS) is 13.9. The van der Waals surface area contributed by atoms with Gasteiger partial charge in [-0.1, -0.05) is 37.3 Å². The topological polar surface area (TPSA) is 53.1 Å². The van der Waals surface area contributed by atoms with Gasteiger partial charge in [-0.05, 0) is 53.3 Å². The van der Waals surface area contributed by atoms with Crippen LogP contribution in [0, 0.1) is 5.82 Å². The van der Waals surface area contributed by atoms with Crippen molar-refractivity contribution in [1.82, 2.24) is 14.7 Å². The van der Waals surface area contributed by atoms with E-state index in [1.165, 1.54) is 12.1 Å². The number of amides is 2. The van der Waals surface area contributed by atoms with Gasteiger partial charge >= 0.3 is 0 Å². The Morgan fingerprint density at radius 3 is 2.30 bits per heavy atom. The number of thiophene rings is 1. The molecule has 0 bridgehead atoms. The summed E-state index contributed by atoms with van der Waals surface area (Å²) in [5.74, 6) is -0.603. The summed E-state index contributed by atoms with van der Waals surface area (Å²) in [6, 6.07) is 17.8. The Labute approximate surface area is 222 Å². The van der Waals surface area contributed by atoms with Gasteiger partial charge in [0.25, 0.3) is 5.91 Å². The van der Waals surface area contributed by atoms with E-state index >= 15 is 0 Å². The molecule has 8 heteroatoms. The third-order valence-electron chi connectivity index (χ3n) is 6.58. The van der Waals surface area contributed by atoms with Crippen LogP contribution in [0.2, 0.25) is 0 Å². The molecule has 196 valence electrons. The van der Waals surface area contributed by atoms with E-state index in [9.17, 15) is 14.0 Å². The fourth-order valence-electron chi connectivity index (χ4n) is 4.30. The van der Waals surface area contributed by atoms with Crippen molar-refractivity contribution in [3.63, 3.8) is 0 Å². The van der Waals surface area contributed by atoms with Crippen molar-refractivity contribution < 1.29 is 18.7 Å². The summed E-state index contributed by atoms with van der Waals surface area (Å²) in [6.45, 7) is 6.94. The molecule has 0 N–H and O–H groups in total. The highest BCUT2D eigenvalue weighted by atomic mass is 32.1. The number of halogens is 1. The van der Waals surface area contributed by atoms with Crippen molar-refractivity contribution >= 4 is 23.2 Å². The average molecular weight is 524 g/mol. The van der Waals surface area contributed by atoms with Crippen LogP contribution in [0.5, 0.6) is 0 Å². The molecule has 1 aromatic heterocycles. The molecule has 0 radical (unpaired) electrons. The van der Waals surface area contributed by atoms with Crippen LogP contribution >= 0.6 is 11.3 Å². The van der Waals surface area contributed by atoms with E-state index < -0.39 is 0 Å². The van der Waals surface area contributed by atoms with Crippen molar-refractivity contribution in [3.8, 4) is 0 Å². The fraction of sp³-hybridized carbons (Fsp3) is 0.379. The Balaban J connectivity index is 1.52. The quantitative estimate of drug-likeness (QED) is 0.373. The molecule has 0 atom stereocenters. The number of hydrogen-bond donors (Lipinski definition) is 0. The number of carbonyl (C=O) groups excluding carboxylic acids is 2. The molecule has 0 saturated carbocycles. The second kappa shape index (κ2) is 13.5. The summed E-state index contributed by atoms with van der Waals surface area (Å²) >= 11 is 1.58. The molecule has 2 amide bonds. The Bertz CT molecular complexity index is 1130. The summed E-state index contributed by atoms with van der Waals surface area (Å²) in [7, 11) is 0. The highest BCUT2D eigenvalue weighted by molar-refractivity contribution is 7.09. The van der Waals surface area contributed by atoms with Gasteiger partial charge in [0.2, 0.25) is 5.91 Å². The summed E-state index contributed by atoms with van der Waals surface area (Å²) in [5, 5.41) is 1.98. The van der Waals surface area contributed by atoms with E-state index in [4.69, 9.17) is 4.74 Å². The maximum atomic E-state index is 13.7. The molecule has 37 heavy (non-hydrogen) atoms. The Morgan fingerprint density at radius 1 is 0.946 bits per heavy atom. The van der Waals surface area contributed by atoms with Crippen LogP contribution in [0.4, 0.5) is 4.39 Å². The zero-order valence-corrected chi connectivity index (χ0v) is 22.1.